The Morgan fingerprint density at radius 2 is 2.24 bits per heavy atom. The highest BCUT2D eigenvalue weighted by molar-refractivity contribution is 5.81. The van der Waals surface area contributed by atoms with E-state index < -0.39 is 6.10 Å². The van der Waals surface area contributed by atoms with Crippen LogP contribution in [0.4, 0.5) is 0 Å². The van der Waals surface area contributed by atoms with E-state index >= 15 is 0 Å². The molecule has 154 valence electrons. The largest absolute Gasteiger partial charge is 0.497 e. The first-order valence-electron chi connectivity index (χ1n) is 10.4. The van der Waals surface area contributed by atoms with Crippen LogP contribution in [0.25, 0.3) is 0 Å². The number of carbonyl (C=O) groups excluding carboxylic acids is 1. The summed E-state index contributed by atoms with van der Waals surface area (Å²) < 4.78 is 11.2. The van der Waals surface area contributed by atoms with E-state index in [2.05, 4.69) is 10.3 Å². The van der Waals surface area contributed by atoms with Gasteiger partial charge in [0.15, 0.2) is 6.10 Å². The van der Waals surface area contributed by atoms with E-state index in [1.54, 1.807) is 13.2 Å². The number of hydrogen-bond donors (Lipinski definition) is 1. The van der Waals surface area contributed by atoms with Crippen LogP contribution in [-0.4, -0.2) is 47.1 Å². The van der Waals surface area contributed by atoms with E-state index in [4.69, 9.17) is 14.5 Å². The number of fused-ring (bicyclic) bond motifs is 1. The molecule has 2 aliphatic rings. The molecule has 7 nitrogen and oxygen atoms in total. The van der Waals surface area contributed by atoms with Gasteiger partial charge in [-0.3, -0.25) is 4.79 Å². The standard InChI is InChI=1S/C22H28N4O3/c1-3-20(29-17-7-4-6-16(12-17)28-2)22(27)26-11-9-18-15(14-26)13-24-21(25-18)19-8-5-10-23-19/h4,6-7,12-13,19-20,23H,3,5,8-11,14H2,1-2H3. The number of methoxy groups -OCH3 is 1. The molecule has 1 saturated heterocycles. The lowest BCUT2D eigenvalue weighted by Gasteiger charge is -2.31. The molecular formula is C22H28N4O3. The molecule has 1 amide bonds. The summed E-state index contributed by atoms with van der Waals surface area (Å²) in [6.07, 6.45) is 4.97. The van der Waals surface area contributed by atoms with Gasteiger partial charge < -0.3 is 19.7 Å². The number of carbonyl (C=O) groups is 1. The highest BCUT2D eigenvalue weighted by atomic mass is 16.5. The minimum absolute atomic E-state index is 0.00232. The predicted molar refractivity (Wildman–Crippen MR) is 109 cm³/mol. The molecule has 2 atom stereocenters. The van der Waals surface area contributed by atoms with Gasteiger partial charge in [0.2, 0.25) is 0 Å². The van der Waals surface area contributed by atoms with Crippen LogP contribution >= 0.6 is 0 Å². The van der Waals surface area contributed by atoms with Crippen molar-refractivity contribution in [2.24, 2.45) is 0 Å². The molecule has 3 heterocycles. The number of aromatic nitrogens is 2. The van der Waals surface area contributed by atoms with Gasteiger partial charge in [0.05, 0.1) is 18.8 Å². The van der Waals surface area contributed by atoms with Crippen molar-refractivity contribution in [1.82, 2.24) is 20.2 Å². The van der Waals surface area contributed by atoms with Crippen molar-refractivity contribution < 1.29 is 14.3 Å². The number of amides is 1. The second-order valence-electron chi connectivity index (χ2n) is 7.55. The van der Waals surface area contributed by atoms with Crippen molar-refractivity contribution in [3.8, 4) is 11.5 Å². The van der Waals surface area contributed by atoms with E-state index in [0.717, 1.165) is 36.5 Å². The fourth-order valence-electron chi connectivity index (χ4n) is 3.94. The number of ether oxygens (including phenoxy) is 2. The van der Waals surface area contributed by atoms with Crippen LogP contribution in [0.5, 0.6) is 11.5 Å². The Morgan fingerprint density at radius 1 is 1.38 bits per heavy atom. The van der Waals surface area contributed by atoms with Crippen LogP contribution in [0.15, 0.2) is 30.5 Å². The Kier molecular flexibility index (Phi) is 5.94. The van der Waals surface area contributed by atoms with Crippen LogP contribution in [0.2, 0.25) is 0 Å². The van der Waals surface area contributed by atoms with Gasteiger partial charge in [-0.2, -0.15) is 0 Å². The monoisotopic (exact) mass is 396 g/mol. The van der Waals surface area contributed by atoms with Crippen molar-refractivity contribution in [2.75, 3.05) is 20.2 Å². The predicted octanol–water partition coefficient (Wildman–Crippen LogP) is 2.65. The lowest BCUT2D eigenvalue weighted by atomic mass is 10.1. The molecule has 2 aromatic rings. The summed E-state index contributed by atoms with van der Waals surface area (Å²) in [5, 5.41) is 3.45. The third-order valence-electron chi connectivity index (χ3n) is 5.60. The average molecular weight is 396 g/mol. The summed E-state index contributed by atoms with van der Waals surface area (Å²) in [6, 6.07) is 7.62. The van der Waals surface area contributed by atoms with Crippen LogP contribution in [0, 0.1) is 0 Å². The smallest absolute Gasteiger partial charge is 0.263 e. The molecule has 1 aromatic heterocycles. The number of hydrogen-bond acceptors (Lipinski definition) is 6. The first kappa shape index (κ1) is 19.6. The summed E-state index contributed by atoms with van der Waals surface area (Å²) >= 11 is 0. The minimum Gasteiger partial charge on any atom is -0.497 e. The van der Waals surface area contributed by atoms with Crippen molar-refractivity contribution in [1.29, 1.82) is 0 Å². The van der Waals surface area contributed by atoms with Crippen LogP contribution in [0.3, 0.4) is 0 Å². The topological polar surface area (TPSA) is 76.6 Å². The maximum atomic E-state index is 13.1. The molecule has 1 aromatic carbocycles. The van der Waals surface area contributed by atoms with Crippen LogP contribution in [-0.2, 0) is 17.8 Å². The maximum Gasteiger partial charge on any atom is 0.263 e. The third-order valence-corrected chi connectivity index (χ3v) is 5.60. The van der Waals surface area contributed by atoms with Crippen molar-refractivity contribution in [3.63, 3.8) is 0 Å². The zero-order chi connectivity index (χ0) is 20.2. The Labute approximate surface area is 171 Å². The second-order valence-corrected chi connectivity index (χ2v) is 7.55. The Balaban J connectivity index is 1.43. The van der Waals surface area contributed by atoms with Gasteiger partial charge in [0, 0.05) is 37.3 Å². The van der Waals surface area contributed by atoms with Crippen molar-refractivity contribution >= 4 is 5.91 Å². The zero-order valence-electron chi connectivity index (χ0n) is 17.1. The Hall–Kier alpha value is -2.67. The molecule has 0 aliphatic carbocycles. The van der Waals surface area contributed by atoms with E-state index in [1.807, 2.05) is 36.2 Å². The molecule has 0 saturated carbocycles. The van der Waals surface area contributed by atoms with Gasteiger partial charge in [-0.25, -0.2) is 9.97 Å². The van der Waals surface area contributed by atoms with E-state index in [9.17, 15) is 4.79 Å². The Morgan fingerprint density at radius 3 is 3.00 bits per heavy atom. The van der Waals surface area contributed by atoms with Gasteiger partial charge in [0.25, 0.3) is 5.91 Å². The molecule has 2 unspecified atom stereocenters. The van der Waals surface area contributed by atoms with E-state index in [1.165, 1.54) is 6.42 Å². The highest BCUT2D eigenvalue weighted by Gasteiger charge is 2.29. The van der Waals surface area contributed by atoms with E-state index in [-0.39, 0.29) is 11.9 Å². The van der Waals surface area contributed by atoms with Gasteiger partial charge in [0.1, 0.15) is 17.3 Å². The second kappa shape index (κ2) is 8.78. The lowest BCUT2D eigenvalue weighted by Crippen LogP contribution is -2.44. The summed E-state index contributed by atoms with van der Waals surface area (Å²) in [4.78, 5) is 24.3. The quantitative estimate of drug-likeness (QED) is 0.809. The molecule has 0 radical (unpaired) electrons. The first-order valence-corrected chi connectivity index (χ1v) is 10.4. The summed E-state index contributed by atoms with van der Waals surface area (Å²) in [5.74, 6) is 2.23. The average Bonchev–Trinajstić information content (AvgIpc) is 3.31. The maximum absolute atomic E-state index is 13.1. The molecule has 1 fully saturated rings. The SMILES string of the molecule is CCC(Oc1cccc(OC)c1)C(=O)N1CCc2nc(C3CCCN3)ncc2C1. The lowest BCUT2D eigenvalue weighted by molar-refractivity contribution is -0.139. The van der Waals surface area contributed by atoms with Crippen molar-refractivity contribution in [3.05, 3.63) is 47.5 Å². The zero-order valence-corrected chi connectivity index (χ0v) is 17.1. The number of benzene rings is 1. The first-order chi connectivity index (χ1) is 14.2. The number of nitrogens with one attached hydrogen (secondary N) is 1. The van der Waals surface area contributed by atoms with Crippen molar-refractivity contribution in [2.45, 2.75) is 51.3 Å². The highest BCUT2D eigenvalue weighted by Crippen LogP contribution is 2.25. The molecule has 2 aliphatic heterocycles. The summed E-state index contributed by atoms with van der Waals surface area (Å²) in [7, 11) is 1.61. The molecule has 7 heteroatoms. The molecule has 1 N–H and O–H groups in total. The summed E-state index contributed by atoms with van der Waals surface area (Å²) in [5.41, 5.74) is 2.09. The fraction of sp³-hybridized carbons (Fsp3) is 0.500. The Bertz CT molecular complexity index is 867. The van der Waals surface area contributed by atoms with E-state index in [0.29, 0.717) is 31.0 Å². The number of nitrogens with zero attached hydrogens (tertiary/aromatic N) is 3. The van der Waals surface area contributed by atoms with Gasteiger partial charge in [-0.1, -0.05) is 13.0 Å². The molecule has 0 bridgehead atoms. The normalized spacial score (nSPS) is 19.5. The van der Waals surface area contributed by atoms with Gasteiger partial charge >= 0.3 is 0 Å². The number of rotatable bonds is 6. The fourth-order valence-corrected chi connectivity index (χ4v) is 3.94. The molecule has 4 rings (SSSR count). The van der Waals surface area contributed by atoms with Gasteiger partial charge in [-0.05, 0) is 37.9 Å². The molecule has 29 heavy (non-hydrogen) atoms. The van der Waals surface area contributed by atoms with Gasteiger partial charge in [-0.15, -0.1) is 0 Å². The summed E-state index contributed by atoms with van der Waals surface area (Å²) in [6.45, 7) is 4.17. The minimum atomic E-state index is -0.522. The molecule has 0 spiro atoms. The molecular weight excluding hydrogens is 368 g/mol. The van der Waals surface area contributed by atoms with Crippen LogP contribution in [0.1, 0.15) is 49.3 Å². The third kappa shape index (κ3) is 4.34. The van der Waals surface area contributed by atoms with Crippen LogP contribution < -0.4 is 14.8 Å².